The van der Waals surface area contributed by atoms with Crippen molar-refractivity contribution in [3.05, 3.63) is 60.5 Å². The van der Waals surface area contributed by atoms with Crippen LogP contribution in [0.2, 0.25) is 0 Å². The predicted molar refractivity (Wildman–Crippen MR) is 107 cm³/mol. The fourth-order valence-electron chi connectivity index (χ4n) is 3.39. The number of carbonyl (C=O) groups is 1. The zero-order valence-corrected chi connectivity index (χ0v) is 16.3. The molecule has 3 aromatic rings. The van der Waals surface area contributed by atoms with Gasteiger partial charge in [0.15, 0.2) is 0 Å². The molecule has 0 unspecified atom stereocenters. The van der Waals surface area contributed by atoms with Crippen LogP contribution in [0.25, 0.3) is 11.4 Å². The largest absolute Gasteiger partial charge is 0.340 e. The highest BCUT2D eigenvalue weighted by molar-refractivity contribution is 5.76. The molecule has 8 nitrogen and oxygen atoms in total. The average Bonchev–Trinajstić information content (AvgIpc) is 3.27. The smallest absolute Gasteiger partial charge is 0.227 e. The third kappa shape index (κ3) is 5.23. The van der Waals surface area contributed by atoms with Gasteiger partial charge in [0.25, 0.3) is 0 Å². The van der Waals surface area contributed by atoms with Gasteiger partial charge in [-0.3, -0.25) is 19.7 Å². The molecule has 4 heterocycles. The van der Waals surface area contributed by atoms with Crippen LogP contribution in [0.4, 0.5) is 0 Å². The summed E-state index contributed by atoms with van der Waals surface area (Å²) in [7, 11) is 0. The molecule has 0 aromatic carbocycles. The summed E-state index contributed by atoms with van der Waals surface area (Å²) in [4.78, 5) is 29.6. The Hall–Kier alpha value is -3.13. The maximum atomic E-state index is 12.5. The minimum Gasteiger partial charge on any atom is -0.340 e. The number of amides is 1. The van der Waals surface area contributed by atoms with Crippen molar-refractivity contribution in [1.29, 1.82) is 0 Å². The van der Waals surface area contributed by atoms with E-state index in [0.717, 1.165) is 50.4 Å². The van der Waals surface area contributed by atoms with E-state index in [1.165, 1.54) is 0 Å². The lowest BCUT2D eigenvalue weighted by molar-refractivity contribution is -0.133. The molecular formula is C21H24N6O2. The lowest BCUT2D eigenvalue weighted by Crippen LogP contribution is -2.49. The number of piperazine rings is 1. The molecule has 0 saturated carbocycles. The monoisotopic (exact) mass is 392 g/mol. The van der Waals surface area contributed by atoms with Gasteiger partial charge in [-0.15, -0.1) is 0 Å². The topological polar surface area (TPSA) is 88.2 Å². The molecule has 0 radical (unpaired) electrons. The maximum Gasteiger partial charge on any atom is 0.227 e. The zero-order valence-electron chi connectivity index (χ0n) is 16.3. The summed E-state index contributed by atoms with van der Waals surface area (Å²) in [5.41, 5.74) is 1.96. The third-order valence-electron chi connectivity index (χ3n) is 5.09. The molecule has 1 aliphatic rings. The Labute approximate surface area is 169 Å². The lowest BCUT2D eigenvalue weighted by atomic mass is 10.2. The molecule has 0 N–H and O–H groups in total. The van der Waals surface area contributed by atoms with Crippen LogP contribution >= 0.6 is 0 Å². The normalized spacial score (nSPS) is 14.8. The van der Waals surface area contributed by atoms with Crippen molar-refractivity contribution in [3.63, 3.8) is 0 Å². The summed E-state index contributed by atoms with van der Waals surface area (Å²) in [5, 5.41) is 3.98. The van der Waals surface area contributed by atoms with Gasteiger partial charge in [-0.1, -0.05) is 11.2 Å². The van der Waals surface area contributed by atoms with Crippen LogP contribution in [-0.2, 0) is 17.6 Å². The van der Waals surface area contributed by atoms with E-state index in [1.54, 1.807) is 12.4 Å². The van der Waals surface area contributed by atoms with Crippen LogP contribution in [-0.4, -0.2) is 68.5 Å². The highest BCUT2D eigenvalue weighted by Crippen LogP contribution is 2.15. The highest BCUT2D eigenvalue weighted by atomic mass is 16.5. The van der Waals surface area contributed by atoms with E-state index in [0.29, 0.717) is 24.6 Å². The van der Waals surface area contributed by atoms with Crippen LogP contribution in [0.3, 0.4) is 0 Å². The molecule has 29 heavy (non-hydrogen) atoms. The number of aromatic nitrogens is 4. The molecular weight excluding hydrogens is 368 g/mol. The van der Waals surface area contributed by atoms with Crippen molar-refractivity contribution in [2.45, 2.75) is 19.3 Å². The van der Waals surface area contributed by atoms with Crippen LogP contribution in [0.1, 0.15) is 18.0 Å². The summed E-state index contributed by atoms with van der Waals surface area (Å²) < 4.78 is 5.28. The van der Waals surface area contributed by atoms with Crippen molar-refractivity contribution in [1.82, 2.24) is 29.9 Å². The van der Waals surface area contributed by atoms with Crippen molar-refractivity contribution in [2.24, 2.45) is 0 Å². The standard InChI is InChI=1S/C21H24N6O2/c28-20(5-4-19-24-21(25-29-19)17-6-10-22-11-7-17)27-15-13-26(14-16-27)12-8-18-3-1-2-9-23-18/h1-3,6-7,9-11H,4-5,8,12-16H2. The first-order valence-corrected chi connectivity index (χ1v) is 9.91. The van der Waals surface area contributed by atoms with Gasteiger partial charge in [-0.25, -0.2) is 0 Å². The molecule has 0 aliphatic carbocycles. The van der Waals surface area contributed by atoms with E-state index >= 15 is 0 Å². The van der Waals surface area contributed by atoms with Crippen LogP contribution in [0.15, 0.2) is 53.4 Å². The Morgan fingerprint density at radius 1 is 1.00 bits per heavy atom. The van der Waals surface area contributed by atoms with Gasteiger partial charge in [-0.2, -0.15) is 4.98 Å². The number of hydrogen-bond donors (Lipinski definition) is 0. The fourth-order valence-corrected chi connectivity index (χ4v) is 3.39. The predicted octanol–water partition coefficient (Wildman–Crippen LogP) is 1.85. The number of nitrogens with zero attached hydrogens (tertiary/aromatic N) is 6. The molecule has 0 spiro atoms. The van der Waals surface area contributed by atoms with Gasteiger partial charge in [0.2, 0.25) is 17.6 Å². The molecule has 150 valence electrons. The van der Waals surface area contributed by atoms with Crippen molar-refractivity contribution < 1.29 is 9.32 Å². The number of aryl methyl sites for hydroxylation is 1. The van der Waals surface area contributed by atoms with Gasteiger partial charge in [0.05, 0.1) is 0 Å². The molecule has 8 heteroatoms. The Bertz CT molecular complexity index is 907. The Morgan fingerprint density at radius 3 is 2.59 bits per heavy atom. The number of carbonyl (C=O) groups excluding carboxylic acids is 1. The molecule has 1 aliphatic heterocycles. The first-order chi connectivity index (χ1) is 14.3. The summed E-state index contributed by atoms with van der Waals surface area (Å²) >= 11 is 0. The van der Waals surface area contributed by atoms with Crippen molar-refractivity contribution in [2.75, 3.05) is 32.7 Å². The van der Waals surface area contributed by atoms with Gasteiger partial charge >= 0.3 is 0 Å². The van der Waals surface area contributed by atoms with E-state index < -0.39 is 0 Å². The van der Waals surface area contributed by atoms with Gasteiger partial charge in [0.1, 0.15) is 0 Å². The molecule has 3 aromatic heterocycles. The quantitative estimate of drug-likeness (QED) is 0.606. The van der Waals surface area contributed by atoms with E-state index in [1.807, 2.05) is 35.4 Å². The minimum absolute atomic E-state index is 0.137. The van der Waals surface area contributed by atoms with Gasteiger partial charge < -0.3 is 9.42 Å². The Balaban J connectivity index is 1.20. The second-order valence-electron chi connectivity index (χ2n) is 7.04. The summed E-state index contributed by atoms with van der Waals surface area (Å²) in [6.07, 6.45) is 6.97. The van der Waals surface area contributed by atoms with Gasteiger partial charge in [0, 0.05) is 81.8 Å². The van der Waals surface area contributed by atoms with Crippen LogP contribution in [0.5, 0.6) is 0 Å². The molecule has 4 rings (SSSR count). The van der Waals surface area contributed by atoms with E-state index in [9.17, 15) is 4.79 Å². The minimum atomic E-state index is 0.137. The van der Waals surface area contributed by atoms with E-state index in [4.69, 9.17) is 4.52 Å². The SMILES string of the molecule is O=C(CCc1nc(-c2ccncc2)no1)N1CCN(CCc2ccccn2)CC1. The zero-order chi connectivity index (χ0) is 19.9. The number of pyridine rings is 2. The number of rotatable bonds is 7. The van der Waals surface area contributed by atoms with Crippen LogP contribution < -0.4 is 0 Å². The van der Waals surface area contributed by atoms with Gasteiger partial charge in [-0.05, 0) is 24.3 Å². The number of hydrogen-bond acceptors (Lipinski definition) is 7. The molecule has 1 amide bonds. The van der Waals surface area contributed by atoms with E-state index in [-0.39, 0.29) is 5.91 Å². The summed E-state index contributed by atoms with van der Waals surface area (Å²) in [6.45, 7) is 4.27. The maximum absolute atomic E-state index is 12.5. The molecule has 0 atom stereocenters. The van der Waals surface area contributed by atoms with E-state index in [2.05, 4.69) is 31.1 Å². The second-order valence-corrected chi connectivity index (χ2v) is 7.04. The fraction of sp³-hybridized carbons (Fsp3) is 0.381. The van der Waals surface area contributed by atoms with Crippen molar-refractivity contribution >= 4 is 5.91 Å². The third-order valence-corrected chi connectivity index (χ3v) is 5.09. The Kier molecular flexibility index (Phi) is 6.21. The second kappa shape index (κ2) is 9.38. The first kappa shape index (κ1) is 19.2. The highest BCUT2D eigenvalue weighted by Gasteiger charge is 2.21. The average molecular weight is 392 g/mol. The van der Waals surface area contributed by atoms with Crippen molar-refractivity contribution in [3.8, 4) is 11.4 Å². The molecule has 1 saturated heterocycles. The summed E-state index contributed by atoms with van der Waals surface area (Å²) in [6, 6.07) is 9.65. The molecule has 1 fully saturated rings. The molecule has 0 bridgehead atoms. The summed E-state index contributed by atoms with van der Waals surface area (Å²) in [5.74, 6) is 1.15. The van der Waals surface area contributed by atoms with Crippen LogP contribution in [0, 0.1) is 0 Å². The first-order valence-electron chi connectivity index (χ1n) is 9.91. The Morgan fingerprint density at radius 2 is 1.83 bits per heavy atom. The lowest BCUT2D eigenvalue weighted by Gasteiger charge is -2.34.